The second kappa shape index (κ2) is 33.7. The Labute approximate surface area is 643 Å². The number of allylic oxidation sites excluding steroid dienone is 1. The van der Waals surface area contributed by atoms with E-state index in [2.05, 4.69) is 61.2 Å². The van der Waals surface area contributed by atoms with Crippen molar-refractivity contribution in [2.24, 2.45) is 15.9 Å². The van der Waals surface area contributed by atoms with E-state index >= 15 is 0 Å². The summed E-state index contributed by atoms with van der Waals surface area (Å²) in [5, 5.41) is 18.1. The SMILES string of the molecule is C.C=CCn1c(=O)c2cnc(Nc3ccc(N4CCN(C)CC4)cc3)nc2n1-c1cccc(C(C)(C)O)n1.Cc1ccc(C2=NC(c3ccc(Cl)cc3)C(c3ccc(Cl)cc3)N2C(=O)N2CCNC(=O)C2)c(OC(C)C)c1.O=C1CN=C(Cc2ccc(F)c(C(=O)N3CCN(C(=O)C4CC4)CC3)c2)c2ccccc21. The molecular weight excluding hydrogens is 1420 g/mol. The first-order valence-electron chi connectivity index (χ1n) is 36.3. The van der Waals surface area contributed by atoms with Crippen LogP contribution in [0.15, 0.2) is 185 Å². The molecule has 566 valence electrons. The summed E-state index contributed by atoms with van der Waals surface area (Å²) in [5.74, 6) is 1.18. The number of nitrogens with zero attached hydrogens (tertiary/aromatic N) is 13. The third-order valence-corrected chi connectivity index (χ3v) is 20.2. The van der Waals surface area contributed by atoms with Crippen molar-refractivity contribution in [2.45, 2.75) is 91.6 Å². The number of ketones is 1. The van der Waals surface area contributed by atoms with E-state index in [0.29, 0.717) is 107 Å². The number of carbonyl (C=O) groups excluding carboxylic acids is 5. The van der Waals surface area contributed by atoms with Crippen LogP contribution in [0.4, 0.5) is 26.5 Å². The van der Waals surface area contributed by atoms with E-state index < -0.39 is 23.5 Å². The molecule has 1 saturated carbocycles. The molecular formula is C83H90Cl2FN15O8. The summed E-state index contributed by atoms with van der Waals surface area (Å²) in [4.78, 5) is 112. The highest BCUT2D eigenvalue weighted by molar-refractivity contribution is 6.31. The number of nitrogens with one attached hydrogen (secondary N) is 2. The van der Waals surface area contributed by atoms with Crippen molar-refractivity contribution >= 4 is 92.6 Å². The Morgan fingerprint density at radius 2 is 1.45 bits per heavy atom. The fourth-order valence-corrected chi connectivity index (χ4v) is 14.1. The number of anilines is 3. The molecule has 1 aliphatic carbocycles. The number of benzene rings is 6. The summed E-state index contributed by atoms with van der Waals surface area (Å²) in [6.07, 6.45) is 5.42. The van der Waals surface area contributed by atoms with Gasteiger partial charge in [0, 0.05) is 122 Å². The van der Waals surface area contributed by atoms with Crippen LogP contribution in [0.1, 0.15) is 120 Å². The Morgan fingerprint density at radius 1 is 0.771 bits per heavy atom. The van der Waals surface area contributed by atoms with Gasteiger partial charge in [-0.05, 0) is 162 Å². The number of aliphatic hydroxyl groups is 1. The Hall–Kier alpha value is -10.9. The number of pyridine rings is 1. The smallest absolute Gasteiger partial charge is 0.326 e. The molecule has 3 saturated heterocycles. The normalized spacial score (nSPS) is 17.3. The second-order valence-corrected chi connectivity index (χ2v) is 29.3. The number of hydrogen-bond donors (Lipinski definition) is 3. The number of piperazine rings is 3. The largest absolute Gasteiger partial charge is 0.490 e. The predicted octanol–water partition coefficient (Wildman–Crippen LogP) is 12.5. The van der Waals surface area contributed by atoms with E-state index in [1.165, 1.54) is 22.6 Å². The summed E-state index contributed by atoms with van der Waals surface area (Å²) < 4.78 is 23.9. The van der Waals surface area contributed by atoms with Crippen LogP contribution in [0.3, 0.4) is 0 Å². The zero-order valence-electron chi connectivity index (χ0n) is 61.2. The highest BCUT2D eigenvalue weighted by Crippen LogP contribution is 2.46. The van der Waals surface area contributed by atoms with Crippen molar-refractivity contribution in [3.8, 4) is 11.6 Å². The predicted molar refractivity (Wildman–Crippen MR) is 424 cm³/mol. The van der Waals surface area contributed by atoms with Crippen LogP contribution >= 0.6 is 23.2 Å². The summed E-state index contributed by atoms with van der Waals surface area (Å²) in [7, 11) is 2.15. The number of aryl methyl sites for hydroxylation is 1. The Balaban J connectivity index is 0.000000152. The first-order chi connectivity index (χ1) is 52.0. The summed E-state index contributed by atoms with van der Waals surface area (Å²) >= 11 is 12.5. The van der Waals surface area contributed by atoms with E-state index in [0.717, 1.165) is 78.2 Å². The second-order valence-electron chi connectivity index (χ2n) is 28.5. The van der Waals surface area contributed by atoms with Crippen molar-refractivity contribution in [1.82, 2.24) is 54.1 Å². The molecule has 0 bridgehead atoms. The molecule has 5 aliphatic heterocycles. The molecule has 109 heavy (non-hydrogen) atoms. The van der Waals surface area contributed by atoms with E-state index in [1.54, 1.807) is 75.7 Å². The lowest BCUT2D eigenvalue weighted by Gasteiger charge is -2.36. The van der Waals surface area contributed by atoms with Crippen molar-refractivity contribution in [3.05, 3.63) is 247 Å². The Kier molecular flexibility index (Phi) is 24.0. The number of Topliss-reactive ketones (excluding diaryl/α,β-unsaturated/α-hetero) is 1. The van der Waals surface area contributed by atoms with Gasteiger partial charge in [-0.15, -0.1) is 6.58 Å². The highest BCUT2D eigenvalue weighted by atomic mass is 35.5. The van der Waals surface area contributed by atoms with Gasteiger partial charge in [0.2, 0.25) is 17.8 Å². The van der Waals surface area contributed by atoms with Gasteiger partial charge >= 0.3 is 6.03 Å². The minimum absolute atomic E-state index is 0. The molecule has 23 nitrogen and oxygen atoms in total. The van der Waals surface area contributed by atoms with Gasteiger partial charge < -0.3 is 45.0 Å². The first-order valence-corrected chi connectivity index (χ1v) is 37.1. The number of carbonyl (C=O) groups is 5. The highest BCUT2D eigenvalue weighted by Gasteiger charge is 2.46. The maximum atomic E-state index is 14.6. The molecule has 0 spiro atoms. The maximum Gasteiger partial charge on any atom is 0.326 e. The van der Waals surface area contributed by atoms with Gasteiger partial charge in [0.15, 0.2) is 17.2 Å². The molecule has 2 atom stereocenters. The van der Waals surface area contributed by atoms with Gasteiger partial charge in [-0.1, -0.05) is 103 Å². The van der Waals surface area contributed by atoms with Crippen LogP contribution in [0.5, 0.6) is 5.75 Å². The minimum Gasteiger partial charge on any atom is -0.490 e. The van der Waals surface area contributed by atoms with Crippen LogP contribution < -0.4 is 25.8 Å². The van der Waals surface area contributed by atoms with Gasteiger partial charge in [-0.2, -0.15) is 4.98 Å². The van der Waals surface area contributed by atoms with Gasteiger partial charge in [0.1, 0.15) is 47.5 Å². The molecule has 3 aromatic heterocycles. The number of halogens is 3. The number of amides is 5. The zero-order chi connectivity index (χ0) is 76.1. The summed E-state index contributed by atoms with van der Waals surface area (Å²) in [6, 6.07) is 45.0. The van der Waals surface area contributed by atoms with E-state index in [4.69, 9.17) is 37.9 Å². The number of ether oxygens (including phenoxy) is 1. The van der Waals surface area contributed by atoms with Crippen LogP contribution in [-0.4, -0.2) is 187 Å². The third kappa shape index (κ3) is 17.8. The van der Waals surface area contributed by atoms with Crippen LogP contribution in [0, 0.1) is 18.7 Å². The number of hydrogen-bond acceptors (Lipinski definition) is 16. The lowest BCUT2D eigenvalue weighted by molar-refractivity contribution is -0.134. The number of aromatic nitrogens is 5. The monoisotopic (exact) mass is 1510 g/mol. The molecule has 8 heterocycles. The average Bonchev–Trinajstić information content (AvgIpc) is 1.61. The van der Waals surface area contributed by atoms with Gasteiger partial charge in [-0.3, -0.25) is 38.9 Å². The average molecular weight is 1520 g/mol. The van der Waals surface area contributed by atoms with Crippen molar-refractivity contribution < 1.29 is 38.2 Å². The molecule has 6 aromatic carbocycles. The fraction of sp³-hybridized carbons (Fsp3) is 0.337. The number of urea groups is 1. The standard InChI is InChI=1S/C30H30Cl2N4O3.C27H32N8O2.C25H24FN3O3.CH4/c1-18(2)39-25-16-19(3)4-13-24(25)29-34-27(20-5-9-22(31)10-6-20)28(21-7-11-23(32)12-8-21)36(29)30(38)35-15-14-33-26(37)17-35;1-5-13-34-25(36)21-18-28-26(29-19-9-11-20(12-10-19)33-16-14-32(4)15-17-33)31-24(21)35(34)23-8-6-7-22(30-23)27(2,3)37;26-21-8-5-16(14-22-18-3-1-2-4-19(18)23(30)15-27-22)13-20(21)25(32)29-11-9-28(10-12-29)24(31)17-6-7-17;/h4-13,16,18,27-28H,14-15,17H2,1-3H3,(H,33,37);5-12,18,37H,1,13-17H2,2-4H3,(H,28,29,31);1-5,8,13,17H,6-7,9-12,14-15H2;1H4. The summed E-state index contributed by atoms with van der Waals surface area (Å²) in [5.41, 5.74) is 8.05. The number of likely N-dealkylation sites (N-methyl/N-ethyl adjacent to an activating group) is 1. The van der Waals surface area contributed by atoms with Crippen molar-refractivity contribution in [1.29, 1.82) is 0 Å². The number of aliphatic imine (C=N–C) groups is 2. The van der Waals surface area contributed by atoms with Gasteiger partial charge in [0.05, 0.1) is 35.5 Å². The van der Waals surface area contributed by atoms with E-state index in [9.17, 15) is 38.3 Å². The molecule has 4 fully saturated rings. The van der Waals surface area contributed by atoms with E-state index in [1.807, 2.05) is 123 Å². The van der Waals surface area contributed by atoms with Gasteiger partial charge in [-0.25, -0.2) is 28.5 Å². The van der Waals surface area contributed by atoms with Crippen LogP contribution in [-0.2, 0) is 28.2 Å². The molecule has 9 aromatic rings. The minimum atomic E-state index is -1.14. The quantitative estimate of drug-likeness (QED) is 0.0762. The first kappa shape index (κ1) is 77.7. The Bertz CT molecular complexity index is 5000. The lowest BCUT2D eigenvalue weighted by Crippen LogP contribution is -2.55. The molecule has 26 heteroatoms. The fourth-order valence-electron chi connectivity index (χ4n) is 13.8. The lowest BCUT2D eigenvalue weighted by atomic mass is 9.92. The zero-order valence-corrected chi connectivity index (χ0v) is 62.7. The van der Waals surface area contributed by atoms with Crippen molar-refractivity contribution in [2.75, 3.05) is 95.8 Å². The van der Waals surface area contributed by atoms with Crippen LogP contribution in [0.2, 0.25) is 10.0 Å². The maximum absolute atomic E-state index is 14.6. The summed E-state index contributed by atoms with van der Waals surface area (Å²) in [6.45, 7) is 20.1. The molecule has 0 radical (unpaired) electrons. The Morgan fingerprint density at radius 3 is 2.11 bits per heavy atom. The molecule has 6 aliphatic rings. The number of amidine groups is 1. The number of fused-ring (bicyclic) bond motifs is 2. The van der Waals surface area contributed by atoms with Crippen molar-refractivity contribution in [3.63, 3.8) is 0 Å². The molecule has 15 rings (SSSR count). The molecule has 3 N–H and O–H groups in total. The molecule has 2 unspecified atom stereocenters. The van der Waals surface area contributed by atoms with E-state index in [-0.39, 0.29) is 79.7 Å². The van der Waals surface area contributed by atoms with Gasteiger partial charge in [0.25, 0.3) is 11.5 Å². The van der Waals surface area contributed by atoms with Crippen LogP contribution in [0.25, 0.3) is 16.9 Å². The topological polar surface area (TPSA) is 249 Å². The molecule has 5 amide bonds. The third-order valence-electron chi connectivity index (χ3n) is 19.7. The number of rotatable bonds is 16.